The molecular weight excluding hydrogens is 528 g/mol. The molecule has 3 aromatic carbocycles. The highest BCUT2D eigenvalue weighted by Crippen LogP contribution is 2.24. The predicted octanol–water partition coefficient (Wildman–Crippen LogP) is 3.94. The lowest BCUT2D eigenvalue weighted by atomic mass is 9.99. The Kier molecular flexibility index (Phi) is 10.3. The molecule has 1 aliphatic heterocycles. The van der Waals surface area contributed by atoms with Crippen LogP contribution in [0.3, 0.4) is 0 Å². The maximum absolute atomic E-state index is 13.6. The SMILES string of the molecule is C[C@H](NC(=O)[C@H](CCCN1CCOCC1)NC(=O)c1ccc(CNCc2ncc[nH]2)cc1)c1cccc2ccccc12. The zero-order chi connectivity index (χ0) is 29.1. The van der Waals surface area contributed by atoms with Crippen molar-refractivity contribution in [2.45, 2.75) is 44.9 Å². The van der Waals surface area contributed by atoms with Crippen LogP contribution < -0.4 is 16.0 Å². The van der Waals surface area contributed by atoms with E-state index in [4.69, 9.17) is 4.74 Å². The molecule has 0 unspecified atom stereocenters. The normalized spacial score (nSPS) is 15.3. The van der Waals surface area contributed by atoms with Gasteiger partial charge in [0.25, 0.3) is 5.91 Å². The molecule has 220 valence electrons. The third-order valence-electron chi connectivity index (χ3n) is 7.73. The van der Waals surface area contributed by atoms with Crippen LogP contribution in [0.1, 0.15) is 53.1 Å². The van der Waals surface area contributed by atoms with Gasteiger partial charge in [0.1, 0.15) is 11.9 Å². The van der Waals surface area contributed by atoms with Gasteiger partial charge in [0, 0.05) is 37.6 Å². The summed E-state index contributed by atoms with van der Waals surface area (Å²) in [7, 11) is 0. The average Bonchev–Trinajstić information content (AvgIpc) is 3.54. The number of nitrogens with zero attached hydrogens (tertiary/aromatic N) is 2. The molecule has 0 bridgehead atoms. The molecule has 1 fully saturated rings. The number of hydrogen-bond donors (Lipinski definition) is 4. The van der Waals surface area contributed by atoms with Crippen LogP contribution in [0, 0.1) is 0 Å². The minimum Gasteiger partial charge on any atom is -0.379 e. The van der Waals surface area contributed by atoms with Gasteiger partial charge in [0.05, 0.1) is 25.8 Å². The molecule has 0 radical (unpaired) electrons. The fourth-order valence-corrected chi connectivity index (χ4v) is 5.37. The zero-order valence-corrected chi connectivity index (χ0v) is 24.1. The second-order valence-corrected chi connectivity index (χ2v) is 10.8. The monoisotopic (exact) mass is 568 g/mol. The number of morpholine rings is 1. The van der Waals surface area contributed by atoms with Crippen molar-refractivity contribution in [2.24, 2.45) is 0 Å². The third-order valence-corrected chi connectivity index (χ3v) is 7.73. The number of hydrogen-bond acceptors (Lipinski definition) is 6. The molecule has 4 aromatic rings. The van der Waals surface area contributed by atoms with E-state index in [-0.39, 0.29) is 17.9 Å². The Bertz CT molecular complexity index is 1430. The molecular formula is C33H40N6O3. The third kappa shape index (κ3) is 8.03. The maximum Gasteiger partial charge on any atom is 0.251 e. The lowest BCUT2D eigenvalue weighted by Crippen LogP contribution is -2.47. The zero-order valence-electron chi connectivity index (χ0n) is 24.1. The van der Waals surface area contributed by atoms with Crippen molar-refractivity contribution in [3.8, 4) is 0 Å². The van der Waals surface area contributed by atoms with E-state index in [1.165, 1.54) is 0 Å². The summed E-state index contributed by atoms with van der Waals surface area (Å²) in [6.45, 7) is 7.39. The first-order chi connectivity index (χ1) is 20.6. The molecule has 9 nitrogen and oxygen atoms in total. The van der Waals surface area contributed by atoms with E-state index in [2.05, 4.69) is 49.0 Å². The van der Waals surface area contributed by atoms with Gasteiger partial charge in [-0.25, -0.2) is 4.98 Å². The topological polar surface area (TPSA) is 111 Å². The number of ether oxygens (including phenoxy) is 1. The Hall–Kier alpha value is -4.05. The van der Waals surface area contributed by atoms with Crippen molar-refractivity contribution in [3.63, 3.8) is 0 Å². The Morgan fingerprint density at radius 2 is 1.76 bits per heavy atom. The van der Waals surface area contributed by atoms with Gasteiger partial charge in [-0.15, -0.1) is 0 Å². The fraction of sp³-hybridized carbons (Fsp3) is 0.364. The van der Waals surface area contributed by atoms with Crippen LogP contribution in [-0.4, -0.2) is 65.6 Å². The highest BCUT2D eigenvalue weighted by molar-refractivity contribution is 5.97. The largest absolute Gasteiger partial charge is 0.379 e. The minimum atomic E-state index is -0.648. The number of rotatable bonds is 13. The predicted molar refractivity (Wildman–Crippen MR) is 164 cm³/mol. The van der Waals surface area contributed by atoms with E-state index >= 15 is 0 Å². The van der Waals surface area contributed by atoms with Crippen molar-refractivity contribution >= 4 is 22.6 Å². The maximum atomic E-state index is 13.6. The number of imidazole rings is 1. The van der Waals surface area contributed by atoms with E-state index in [0.717, 1.165) is 67.0 Å². The molecule has 2 amide bonds. The second-order valence-electron chi connectivity index (χ2n) is 10.8. The van der Waals surface area contributed by atoms with Crippen LogP contribution in [0.5, 0.6) is 0 Å². The van der Waals surface area contributed by atoms with Gasteiger partial charge in [-0.05, 0) is 60.3 Å². The number of benzene rings is 3. The van der Waals surface area contributed by atoms with Gasteiger partial charge < -0.3 is 25.7 Å². The van der Waals surface area contributed by atoms with E-state index < -0.39 is 6.04 Å². The van der Waals surface area contributed by atoms with Crippen LogP contribution in [0.2, 0.25) is 0 Å². The summed E-state index contributed by atoms with van der Waals surface area (Å²) >= 11 is 0. The van der Waals surface area contributed by atoms with Crippen LogP contribution in [-0.2, 0) is 22.6 Å². The smallest absolute Gasteiger partial charge is 0.251 e. The summed E-state index contributed by atoms with van der Waals surface area (Å²) in [5.74, 6) is 0.442. The van der Waals surface area contributed by atoms with E-state index in [1.807, 2.05) is 43.3 Å². The van der Waals surface area contributed by atoms with E-state index in [9.17, 15) is 9.59 Å². The first-order valence-corrected chi connectivity index (χ1v) is 14.7. The molecule has 5 rings (SSSR count). The number of carbonyl (C=O) groups excluding carboxylic acids is 2. The van der Waals surface area contributed by atoms with Gasteiger partial charge in [0.2, 0.25) is 5.91 Å². The quantitative estimate of drug-likeness (QED) is 0.195. The molecule has 0 saturated carbocycles. The van der Waals surface area contributed by atoms with Gasteiger partial charge in [-0.2, -0.15) is 0 Å². The standard InChI is InChI=1S/C33H40N6O3/c1-24(28-9-4-7-26-6-2-3-8-29(26)28)37-33(41)30(10-5-17-39-18-20-42-21-19-39)38-32(40)27-13-11-25(12-14-27)22-34-23-31-35-15-16-36-31/h2-4,6-9,11-16,24,30,34H,5,10,17-23H2,1H3,(H,35,36)(H,37,41)(H,38,40)/t24-,30-/m0/s1. The molecule has 0 spiro atoms. The van der Waals surface area contributed by atoms with Crippen molar-refractivity contribution in [2.75, 3.05) is 32.8 Å². The van der Waals surface area contributed by atoms with Crippen LogP contribution >= 0.6 is 0 Å². The fourth-order valence-electron chi connectivity index (χ4n) is 5.37. The van der Waals surface area contributed by atoms with Crippen molar-refractivity contribution in [1.82, 2.24) is 30.8 Å². The lowest BCUT2D eigenvalue weighted by Gasteiger charge is -2.27. The minimum absolute atomic E-state index is 0.176. The molecule has 2 heterocycles. The number of aromatic amines is 1. The Balaban J connectivity index is 1.21. The first-order valence-electron chi connectivity index (χ1n) is 14.7. The highest BCUT2D eigenvalue weighted by atomic mass is 16.5. The number of fused-ring (bicyclic) bond motifs is 1. The van der Waals surface area contributed by atoms with Gasteiger partial charge >= 0.3 is 0 Å². The summed E-state index contributed by atoms with van der Waals surface area (Å²) in [5, 5.41) is 11.8. The van der Waals surface area contributed by atoms with Crippen molar-refractivity contribution < 1.29 is 14.3 Å². The Morgan fingerprint density at radius 3 is 2.55 bits per heavy atom. The van der Waals surface area contributed by atoms with Gasteiger partial charge in [0.15, 0.2) is 0 Å². The Labute approximate surface area is 247 Å². The molecule has 9 heteroatoms. The summed E-state index contributed by atoms with van der Waals surface area (Å²) < 4.78 is 5.46. The number of nitrogens with one attached hydrogen (secondary N) is 4. The number of H-pyrrole nitrogens is 1. The molecule has 1 aliphatic rings. The summed E-state index contributed by atoms with van der Waals surface area (Å²) in [4.78, 5) is 36.5. The molecule has 4 N–H and O–H groups in total. The second kappa shape index (κ2) is 14.7. The Morgan fingerprint density at radius 1 is 0.976 bits per heavy atom. The first kappa shape index (κ1) is 29.4. The number of amides is 2. The van der Waals surface area contributed by atoms with Crippen LogP contribution in [0.25, 0.3) is 10.8 Å². The molecule has 1 aromatic heterocycles. The van der Waals surface area contributed by atoms with E-state index in [1.54, 1.807) is 24.5 Å². The highest BCUT2D eigenvalue weighted by Gasteiger charge is 2.24. The van der Waals surface area contributed by atoms with Gasteiger partial charge in [-0.3, -0.25) is 14.5 Å². The van der Waals surface area contributed by atoms with Crippen LogP contribution in [0.15, 0.2) is 79.1 Å². The van der Waals surface area contributed by atoms with Gasteiger partial charge in [-0.1, -0.05) is 54.6 Å². The van der Waals surface area contributed by atoms with Crippen molar-refractivity contribution in [3.05, 3.63) is 102 Å². The molecule has 1 saturated heterocycles. The van der Waals surface area contributed by atoms with Crippen LogP contribution in [0.4, 0.5) is 0 Å². The van der Waals surface area contributed by atoms with Crippen molar-refractivity contribution in [1.29, 1.82) is 0 Å². The lowest BCUT2D eigenvalue weighted by molar-refractivity contribution is -0.123. The average molecular weight is 569 g/mol. The molecule has 0 aliphatic carbocycles. The van der Waals surface area contributed by atoms with E-state index in [0.29, 0.717) is 25.1 Å². The summed E-state index contributed by atoms with van der Waals surface area (Å²) in [6.07, 6.45) is 4.86. The summed E-state index contributed by atoms with van der Waals surface area (Å²) in [6, 6.07) is 20.9. The summed E-state index contributed by atoms with van der Waals surface area (Å²) in [5.41, 5.74) is 2.63. The molecule has 2 atom stereocenters. The number of aromatic nitrogens is 2. The molecule has 42 heavy (non-hydrogen) atoms. The number of carbonyl (C=O) groups is 2.